The van der Waals surface area contributed by atoms with E-state index in [1.165, 1.54) is 87.7 Å². The van der Waals surface area contributed by atoms with Gasteiger partial charge in [0.1, 0.15) is 11.2 Å². The molecule has 0 unspecified atom stereocenters. The Morgan fingerprint density at radius 2 is 0.907 bits per heavy atom. The van der Waals surface area contributed by atoms with Crippen molar-refractivity contribution in [3.63, 3.8) is 0 Å². The maximum Gasteiger partial charge on any atom is 0.143 e. The van der Waals surface area contributed by atoms with E-state index in [2.05, 4.69) is 278 Å². The molecule has 2 heterocycles. The number of benzene rings is 12. The standard InChI is InChI=1S/C72H45NOS/c1-3-20-48(21-4-1)71(49-22-5-2-6-23-49)58-28-11-9-25-54(58)55-44-42-51(45-63(55)71)73(64-33-18-34-65-69(64)57-43-39-46-19-7-8-24-53(46)70(57)74-65)50-40-37-47(38-41-50)52-27-17-32-62-68(52)56-26-10-12-29-59(56)72(62)60-30-13-15-35-66(60)75-67-36-16-14-31-61(67)72/h1-45H. The summed E-state index contributed by atoms with van der Waals surface area (Å²) in [6.45, 7) is 0. The third kappa shape index (κ3) is 5.82. The highest BCUT2D eigenvalue weighted by Crippen LogP contribution is 2.64. The van der Waals surface area contributed by atoms with Crippen LogP contribution in [0.3, 0.4) is 0 Å². The molecular weight excluding hydrogens is 927 g/mol. The third-order valence-electron chi connectivity index (χ3n) is 16.6. The molecule has 0 saturated heterocycles. The molecule has 1 aliphatic heterocycles. The van der Waals surface area contributed by atoms with Crippen molar-refractivity contribution >= 4 is 61.5 Å². The lowest BCUT2D eigenvalue weighted by atomic mass is 9.67. The summed E-state index contributed by atoms with van der Waals surface area (Å²) in [5, 5.41) is 4.44. The molecular formula is C72H45NOS. The second-order valence-electron chi connectivity index (χ2n) is 20.2. The van der Waals surface area contributed by atoms with Crippen molar-refractivity contribution in [2.75, 3.05) is 4.90 Å². The summed E-state index contributed by atoms with van der Waals surface area (Å²) in [6, 6.07) is 101. The average Bonchev–Trinajstić information content (AvgIpc) is 4.30. The summed E-state index contributed by atoms with van der Waals surface area (Å²) < 4.78 is 6.91. The van der Waals surface area contributed by atoms with Crippen molar-refractivity contribution in [2.45, 2.75) is 20.6 Å². The molecule has 12 aromatic carbocycles. The van der Waals surface area contributed by atoms with Gasteiger partial charge in [-0.2, -0.15) is 0 Å². The largest absolute Gasteiger partial charge is 0.455 e. The Morgan fingerprint density at radius 1 is 0.347 bits per heavy atom. The van der Waals surface area contributed by atoms with Gasteiger partial charge in [-0.25, -0.2) is 0 Å². The zero-order chi connectivity index (χ0) is 49.2. The summed E-state index contributed by atoms with van der Waals surface area (Å²) >= 11 is 1.89. The number of furan rings is 1. The molecule has 350 valence electrons. The molecule has 2 aliphatic carbocycles. The van der Waals surface area contributed by atoms with Gasteiger partial charge >= 0.3 is 0 Å². The fraction of sp³-hybridized carbons (Fsp3) is 0.0278. The Balaban J connectivity index is 0.927. The van der Waals surface area contributed by atoms with Crippen LogP contribution < -0.4 is 4.90 Å². The third-order valence-corrected chi connectivity index (χ3v) is 17.8. The molecule has 0 fully saturated rings. The maximum atomic E-state index is 6.91. The topological polar surface area (TPSA) is 16.4 Å². The molecule has 75 heavy (non-hydrogen) atoms. The first-order valence-corrected chi connectivity index (χ1v) is 26.7. The summed E-state index contributed by atoms with van der Waals surface area (Å²) in [4.78, 5) is 5.08. The van der Waals surface area contributed by atoms with Gasteiger partial charge in [0, 0.05) is 31.9 Å². The molecule has 0 amide bonds. The number of rotatable bonds is 6. The molecule has 0 atom stereocenters. The second-order valence-corrected chi connectivity index (χ2v) is 21.3. The lowest BCUT2D eigenvalue weighted by molar-refractivity contribution is 0.672. The van der Waals surface area contributed by atoms with Crippen molar-refractivity contribution in [1.29, 1.82) is 0 Å². The highest BCUT2D eigenvalue weighted by molar-refractivity contribution is 7.99. The lowest BCUT2D eigenvalue weighted by Crippen LogP contribution is -2.31. The van der Waals surface area contributed by atoms with Crippen LogP contribution in [-0.4, -0.2) is 0 Å². The molecule has 0 saturated carbocycles. The first-order chi connectivity index (χ1) is 37.2. The van der Waals surface area contributed by atoms with Crippen LogP contribution in [0, 0.1) is 0 Å². The van der Waals surface area contributed by atoms with E-state index in [-0.39, 0.29) is 0 Å². The van der Waals surface area contributed by atoms with Crippen molar-refractivity contribution in [2.24, 2.45) is 0 Å². The highest BCUT2D eigenvalue weighted by atomic mass is 32.2. The Hall–Kier alpha value is -9.15. The minimum Gasteiger partial charge on any atom is -0.455 e. The average molecular weight is 972 g/mol. The molecule has 0 bridgehead atoms. The normalized spacial score (nSPS) is 14.0. The van der Waals surface area contributed by atoms with Crippen LogP contribution in [0.2, 0.25) is 0 Å². The minimum atomic E-state index is -0.563. The quantitative estimate of drug-likeness (QED) is 0.165. The SMILES string of the molecule is c1ccc(C2(c3ccccc3)c3ccccc3-c3ccc(N(c4ccc(-c5cccc6c5-c5ccccc5C65c6ccccc6Sc6ccccc65)cc4)c4cccc5oc6c7ccccc7ccc6c45)cc32)cc1. The van der Waals surface area contributed by atoms with Crippen molar-refractivity contribution in [3.05, 3.63) is 317 Å². The summed E-state index contributed by atoms with van der Waals surface area (Å²) in [5.41, 5.74) is 21.8. The van der Waals surface area contributed by atoms with Gasteiger partial charge in [0.2, 0.25) is 0 Å². The van der Waals surface area contributed by atoms with E-state index in [9.17, 15) is 0 Å². The van der Waals surface area contributed by atoms with Crippen LogP contribution in [0.15, 0.2) is 287 Å². The number of hydrogen-bond acceptors (Lipinski definition) is 3. The first kappa shape index (κ1) is 42.4. The molecule has 3 aliphatic rings. The van der Waals surface area contributed by atoms with E-state index in [4.69, 9.17) is 4.42 Å². The lowest BCUT2D eigenvalue weighted by Gasteiger charge is -2.39. The minimum absolute atomic E-state index is 0.448. The molecule has 13 aromatic rings. The van der Waals surface area contributed by atoms with Crippen molar-refractivity contribution in [1.82, 2.24) is 0 Å². The zero-order valence-corrected chi connectivity index (χ0v) is 41.6. The Bertz CT molecular complexity index is 4370. The van der Waals surface area contributed by atoms with Crippen molar-refractivity contribution in [3.8, 4) is 33.4 Å². The Morgan fingerprint density at radius 3 is 1.64 bits per heavy atom. The first-order valence-electron chi connectivity index (χ1n) is 25.9. The van der Waals surface area contributed by atoms with E-state index < -0.39 is 10.8 Å². The van der Waals surface area contributed by atoms with Gasteiger partial charge in [0.15, 0.2) is 0 Å². The smallest absolute Gasteiger partial charge is 0.143 e. The second kappa shape index (κ2) is 16.2. The van der Waals surface area contributed by atoms with E-state index in [1.807, 2.05) is 11.8 Å². The van der Waals surface area contributed by atoms with Gasteiger partial charge in [-0.1, -0.05) is 230 Å². The number of hydrogen-bond donors (Lipinski definition) is 0. The molecule has 1 aromatic heterocycles. The van der Waals surface area contributed by atoms with Crippen molar-refractivity contribution < 1.29 is 4.42 Å². The van der Waals surface area contributed by atoms with Crippen LogP contribution in [0.25, 0.3) is 66.1 Å². The predicted molar refractivity (Wildman–Crippen MR) is 310 cm³/mol. The van der Waals surface area contributed by atoms with E-state index in [0.29, 0.717) is 0 Å². The number of anilines is 3. The summed E-state index contributed by atoms with van der Waals surface area (Å²) in [6.07, 6.45) is 0. The van der Waals surface area contributed by atoms with Gasteiger partial charge in [0.25, 0.3) is 0 Å². The van der Waals surface area contributed by atoms with E-state index in [0.717, 1.165) is 49.8 Å². The molecule has 2 nitrogen and oxygen atoms in total. The molecule has 1 spiro atoms. The van der Waals surface area contributed by atoms with Gasteiger partial charge < -0.3 is 9.32 Å². The summed E-state index contributed by atoms with van der Waals surface area (Å²) in [7, 11) is 0. The predicted octanol–water partition coefficient (Wildman–Crippen LogP) is 19.1. The van der Waals surface area contributed by atoms with E-state index in [1.54, 1.807) is 0 Å². The molecule has 0 N–H and O–H groups in total. The van der Waals surface area contributed by atoms with Crippen LogP contribution in [0.5, 0.6) is 0 Å². The van der Waals surface area contributed by atoms with Gasteiger partial charge in [-0.05, 0) is 138 Å². The van der Waals surface area contributed by atoms with Gasteiger partial charge in [0.05, 0.1) is 21.9 Å². The Labute approximate surface area is 439 Å². The molecule has 0 radical (unpaired) electrons. The fourth-order valence-electron chi connectivity index (χ4n) is 13.7. The molecule has 3 heteroatoms. The number of fused-ring (bicyclic) bond motifs is 17. The maximum absolute atomic E-state index is 6.91. The monoisotopic (exact) mass is 971 g/mol. The zero-order valence-electron chi connectivity index (χ0n) is 40.7. The van der Waals surface area contributed by atoms with Gasteiger partial charge in [-0.15, -0.1) is 0 Å². The van der Waals surface area contributed by atoms with Crippen LogP contribution in [0.4, 0.5) is 17.1 Å². The highest BCUT2D eigenvalue weighted by Gasteiger charge is 2.51. The van der Waals surface area contributed by atoms with Crippen LogP contribution in [-0.2, 0) is 10.8 Å². The summed E-state index contributed by atoms with van der Waals surface area (Å²) in [5.74, 6) is 0. The molecule has 16 rings (SSSR count). The number of nitrogens with zero attached hydrogens (tertiary/aromatic N) is 1. The van der Waals surface area contributed by atoms with Gasteiger partial charge in [-0.3, -0.25) is 0 Å². The fourth-order valence-corrected chi connectivity index (χ4v) is 14.8. The van der Waals surface area contributed by atoms with Crippen LogP contribution in [0.1, 0.15) is 44.5 Å². The van der Waals surface area contributed by atoms with Crippen LogP contribution >= 0.6 is 11.8 Å². The van der Waals surface area contributed by atoms with E-state index >= 15 is 0 Å². The Kier molecular flexibility index (Phi) is 9.14.